The van der Waals surface area contributed by atoms with Crippen molar-refractivity contribution >= 4 is 28.0 Å². The summed E-state index contributed by atoms with van der Waals surface area (Å²) in [6.45, 7) is 0. The Hall–Kier alpha value is -1.13. The van der Waals surface area contributed by atoms with Crippen LogP contribution in [0.5, 0.6) is 0 Å². The second-order valence-corrected chi connectivity index (χ2v) is 5.96. The molecular formula is C11H12N2O2S2. The summed E-state index contributed by atoms with van der Waals surface area (Å²) in [5.74, 6) is 0. The molecule has 1 aromatic rings. The molecule has 0 heterocycles. The van der Waals surface area contributed by atoms with Gasteiger partial charge in [-0.25, -0.2) is 0 Å². The zero-order valence-electron chi connectivity index (χ0n) is 9.47. The van der Waals surface area contributed by atoms with Crippen LogP contribution in [0, 0.1) is 11.3 Å². The lowest BCUT2D eigenvalue weighted by Crippen LogP contribution is -2.12. The summed E-state index contributed by atoms with van der Waals surface area (Å²) >= 11 is -2.51. The van der Waals surface area contributed by atoms with E-state index in [4.69, 9.17) is 11.0 Å². The van der Waals surface area contributed by atoms with Crippen molar-refractivity contribution < 1.29 is 9.11 Å². The number of nitrogens with zero attached hydrogens (tertiary/aromatic N) is 1. The molecule has 0 aliphatic heterocycles. The molecule has 0 saturated carbocycles. The Morgan fingerprint density at radius 2 is 1.76 bits per heavy atom. The fourth-order valence-electron chi connectivity index (χ4n) is 1.42. The molecule has 0 radical (unpaired) electrons. The van der Waals surface area contributed by atoms with Gasteiger partial charge < -0.3 is 14.8 Å². The van der Waals surface area contributed by atoms with Crippen LogP contribution >= 0.6 is 0 Å². The molecule has 6 heteroatoms. The average Bonchev–Trinajstić information content (AvgIpc) is 2.28. The fraction of sp³-hybridized carbons (Fsp3) is 0.182. The lowest BCUT2D eigenvalue weighted by molar-refractivity contribution is 0.597. The van der Waals surface area contributed by atoms with Gasteiger partial charge in [0.25, 0.3) is 0 Å². The highest BCUT2D eigenvalue weighted by Crippen LogP contribution is 2.27. The maximum atomic E-state index is 11.6. The SMILES string of the molecule is C[S+]([O-])c1cccc([S+](C)[O-])c1/C(N)=C/C#N. The Kier molecular flexibility index (Phi) is 4.90. The van der Waals surface area contributed by atoms with Crippen LogP contribution in [-0.2, 0) is 22.4 Å². The molecule has 4 nitrogen and oxygen atoms in total. The highest BCUT2D eigenvalue weighted by atomic mass is 32.2. The molecule has 90 valence electrons. The summed E-state index contributed by atoms with van der Waals surface area (Å²) in [5, 5.41) is 8.60. The van der Waals surface area contributed by atoms with E-state index in [0.29, 0.717) is 15.4 Å². The van der Waals surface area contributed by atoms with Crippen LogP contribution in [0.25, 0.3) is 5.70 Å². The number of allylic oxidation sites excluding steroid dienone is 1. The molecular weight excluding hydrogens is 256 g/mol. The average molecular weight is 268 g/mol. The second kappa shape index (κ2) is 5.98. The molecule has 1 rings (SSSR count). The number of benzene rings is 1. The predicted molar refractivity (Wildman–Crippen MR) is 68.9 cm³/mol. The van der Waals surface area contributed by atoms with Crippen molar-refractivity contribution in [1.29, 1.82) is 5.26 Å². The van der Waals surface area contributed by atoms with Gasteiger partial charge in [-0.3, -0.25) is 0 Å². The van der Waals surface area contributed by atoms with Crippen LogP contribution in [-0.4, -0.2) is 21.6 Å². The Bertz CT molecular complexity index is 453. The molecule has 2 atom stereocenters. The number of hydrogen-bond donors (Lipinski definition) is 1. The first-order chi connectivity index (χ1) is 7.99. The van der Waals surface area contributed by atoms with Gasteiger partial charge in [-0.15, -0.1) is 0 Å². The van der Waals surface area contributed by atoms with Gasteiger partial charge in [-0.05, 0) is 34.5 Å². The third-order valence-electron chi connectivity index (χ3n) is 2.12. The van der Waals surface area contributed by atoms with Gasteiger partial charge in [0.15, 0.2) is 9.79 Å². The Morgan fingerprint density at radius 3 is 2.12 bits per heavy atom. The quantitative estimate of drug-likeness (QED) is 0.653. The van der Waals surface area contributed by atoms with E-state index in [1.165, 1.54) is 12.5 Å². The Balaban J connectivity index is 3.51. The van der Waals surface area contributed by atoms with E-state index in [2.05, 4.69) is 0 Å². The third kappa shape index (κ3) is 3.17. The largest absolute Gasteiger partial charge is 0.612 e. The minimum Gasteiger partial charge on any atom is -0.612 e. The molecule has 0 aliphatic carbocycles. The highest BCUT2D eigenvalue weighted by molar-refractivity contribution is 7.91. The van der Waals surface area contributed by atoms with Crippen LogP contribution in [0.3, 0.4) is 0 Å². The van der Waals surface area contributed by atoms with Crippen LogP contribution in [0.15, 0.2) is 34.1 Å². The van der Waals surface area contributed by atoms with Crippen molar-refractivity contribution in [2.24, 2.45) is 5.73 Å². The Morgan fingerprint density at radius 1 is 1.29 bits per heavy atom. The van der Waals surface area contributed by atoms with Crippen molar-refractivity contribution in [2.75, 3.05) is 12.5 Å². The molecule has 1 aromatic carbocycles. The lowest BCUT2D eigenvalue weighted by atomic mass is 10.1. The van der Waals surface area contributed by atoms with E-state index < -0.39 is 22.4 Å². The van der Waals surface area contributed by atoms with Gasteiger partial charge >= 0.3 is 0 Å². The standard InChI is InChI=1S/C11H12N2O2S2/c1-16(14)9-4-3-5-10(17(2)15)11(9)8(13)6-7-12/h3-6H,13H2,1-2H3/b8-6-. The topological polar surface area (TPSA) is 95.9 Å². The van der Waals surface area contributed by atoms with E-state index in [1.54, 1.807) is 18.2 Å². The van der Waals surface area contributed by atoms with Crippen molar-refractivity contribution in [3.63, 3.8) is 0 Å². The summed E-state index contributed by atoms with van der Waals surface area (Å²) in [7, 11) is 0. The molecule has 2 N–H and O–H groups in total. The van der Waals surface area contributed by atoms with Crippen molar-refractivity contribution in [2.45, 2.75) is 9.79 Å². The number of nitriles is 1. The highest BCUT2D eigenvalue weighted by Gasteiger charge is 2.23. The second-order valence-electron chi connectivity index (χ2n) is 3.27. The molecule has 0 aliphatic rings. The van der Waals surface area contributed by atoms with E-state index in [9.17, 15) is 9.11 Å². The zero-order chi connectivity index (χ0) is 13.0. The van der Waals surface area contributed by atoms with E-state index in [1.807, 2.05) is 6.07 Å². The van der Waals surface area contributed by atoms with Crippen LogP contribution in [0.4, 0.5) is 0 Å². The van der Waals surface area contributed by atoms with Crippen molar-refractivity contribution in [3.05, 3.63) is 29.8 Å². The van der Waals surface area contributed by atoms with Crippen molar-refractivity contribution in [3.8, 4) is 6.07 Å². The molecule has 0 fully saturated rings. The summed E-state index contributed by atoms with van der Waals surface area (Å²) in [4.78, 5) is 0.975. The summed E-state index contributed by atoms with van der Waals surface area (Å²) < 4.78 is 23.2. The molecule has 17 heavy (non-hydrogen) atoms. The van der Waals surface area contributed by atoms with Gasteiger partial charge in [-0.1, -0.05) is 6.07 Å². The summed E-state index contributed by atoms with van der Waals surface area (Å²) in [6, 6.07) is 6.80. The van der Waals surface area contributed by atoms with Crippen LogP contribution in [0.2, 0.25) is 0 Å². The Labute approximate surface area is 106 Å². The van der Waals surface area contributed by atoms with E-state index in [-0.39, 0.29) is 5.70 Å². The molecule has 0 aromatic heterocycles. The van der Waals surface area contributed by atoms with Gasteiger partial charge in [0, 0.05) is 6.08 Å². The van der Waals surface area contributed by atoms with Gasteiger partial charge in [-0.2, -0.15) is 5.26 Å². The molecule has 0 saturated heterocycles. The van der Waals surface area contributed by atoms with Gasteiger partial charge in [0.2, 0.25) is 0 Å². The predicted octanol–water partition coefficient (Wildman–Crippen LogP) is 0.985. The number of rotatable bonds is 3. The van der Waals surface area contributed by atoms with E-state index >= 15 is 0 Å². The molecule has 0 amide bonds. The molecule has 0 spiro atoms. The minimum absolute atomic E-state index is 0.184. The third-order valence-corrected chi connectivity index (χ3v) is 4.04. The smallest absolute Gasteiger partial charge is 0.166 e. The fourth-order valence-corrected chi connectivity index (χ4v) is 3.05. The summed E-state index contributed by atoms with van der Waals surface area (Å²) in [5.41, 5.74) is 6.38. The van der Waals surface area contributed by atoms with Crippen LogP contribution < -0.4 is 5.73 Å². The zero-order valence-corrected chi connectivity index (χ0v) is 11.1. The summed E-state index contributed by atoms with van der Waals surface area (Å²) in [6.07, 6.45) is 4.18. The first-order valence-corrected chi connectivity index (χ1v) is 7.76. The first kappa shape index (κ1) is 13.9. The monoisotopic (exact) mass is 268 g/mol. The first-order valence-electron chi connectivity index (χ1n) is 4.64. The maximum Gasteiger partial charge on any atom is 0.166 e. The van der Waals surface area contributed by atoms with Crippen LogP contribution in [0.1, 0.15) is 5.56 Å². The van der Waals surface area contributed by atoms with Gasteiger partial charge in [0.1, 0.15) is 18.1 Å². The molecule has 2 unspecified atom stereocenters. The normalized spacial score (nSPS) is 15.1. The maximum absolute atomic E-state index is 11.6. The minimum atomic E-state index is -1.26. The number of nitrogens with two attached hydrogens (primary N) is 1. The van der Waals surface area contributed by atoms with E-state index in [0.717, 1.165) is 6.08 Å². The van der Waals surface area contributed by atoms with Crippen molar-refractivity contribution in [1.82, 2.24) is 0 Å². The van der Waals surface area contributed by atoms with Gasteiger partial charge in [0.05, 0.1) is 11.8 Å². The lowest BCUT2D eigenvalue weighted by Gasteiger charge is -2.14. The molecule has 0 bridgehead atoms. The number of hydrogen-bond acceptors (Lipinski definition) is 4.